The molecule has 2 heteroatoms. The van der Waals surface area contributed by atoms with Crippen LogP contribution in [0.3, 0.4) is 0 Å². The van der Waals surface area contributed by atoms with E-state index in [9.17, 15) is 0 Å². The Bertz CT molecular complexity index is 331. The Balaban J connectivity index is 1.85. The molecule has 0 amide bonds. The van der Waals surface area contributed by atoms with E-state index in [0.29, 0.717) is 6.04 Å². The van der Waals surface area contributed by atoms with E-state index >= 15 is 0 Å². The van der Waals surface area contributed by atoms with Crippen LogP contribution in [0, 0.1) is 12.8 Å². The summed E-state index contributed by atoms with van der Waals surface area (Å²) in [5.74, 6) is 0.816. The van der Waals surface area contributed by atoms with Crippen molar-refractivity contribution in [3.8, 4) is 0 Å². The summed E-state index contributed by atoms with van der Waals surface area (Å²) >= 11 is 0. The van der Waals surface area contributed by atoms with Crippen molar-refractivity contribution in [1.82, 2.24) is 10.3 Å². The Morgan fingerprint density at radius 3 is 2.82 bits per heavy atom. The van der Waals surface area contributed by atoms with Crippen molar-refractivity contribution >= 4 is 0 Å². The van der Waals surface area contributed by atoms with Gasteiger partial charge in [0.05, 0.1) is 0 Å². The number of nitrogens with one attached hydrogen (secondary N) is 1. The molecule has 2 rings (SSSR count). The van der Waals surface area contributed by atoms with Gasteiger partial charge >= 0.3 is 0 Å². The van der Waals surface area contributed by atoms with Gasteiger partial charge in [-0.2, -0.15) is 0 Å². The number of hydrogen-bond donors (Lipinski definition) is 1. The first-order valence-electron chi connectivity index (χ1n) is 6.90. The van der Waals surface area contributed by atoms with Crippen LogP contribution in [0.4, 0.5) is 0 Å². The molecule has 0 aliphatic heterocycles. The van der Waals surface area contributed by atoms with Crippen molar-refractivity contribution in [3.05, 3.63) is 29.6 Å². The molecular weight excluding hydrogens is 208 g/mol. The van der Waals surface area contributed by atoms with Crippen LogP contribution in [0.2, 0.25) is 0 Å². The second kappa shape index (κ2) is 6.15. The Labute approximate surface area is 105 Å². The predicted molar refractivity (Wildman–Crippen MR) is 71.9 cm³/mol. The van der Waals surface area contributed by atoms with Crippen molar-refractivity contribution in [1.29, 1.82) is 0 Å². The first kappa shape index (κ1) is 12.6. The molecule has 1 saturated carbocycles. The number of aryl methyl sites for hydroxylation is 1. The quantitative estimate of drug-likeness (QED) is 0.807. The molecule has 0 radical (unpaired) electrons. The van der Waals surface area contributed by atoms with Crippen LogP contribution in [0.1, 0.15) is 50.3 Å². The van der Waals surface area contributed by atoms with Gasteiger partial charge in [-0.25, -0.2) is 0 Å². The molecular formula is C15H24N2. The zero-order valence-corrected chi connectivity index (χ0v) is 11.1. The molecule has 1 aromatic rings. The van der Waals surface area contributed by atoms with Crippen molar-refractivity contribution in [2.75, 3.05) is 0 Å². The number of pyridine rings is 1. The SMILES string of the molecule is Cc1ccc(CNC2CCCCCC2C)cn1. The van der Waals surface area contributed by atoms with Gasteiger partial charge in [0.1, 0.15) is 0 Å². The van der Waals surface area contributed by atoms with Crippen LogP contribution >= 0.6 is 0 Å². The lowest BCUT2D eigenvalue weighted by atomic mass is 9.97. The second-order valence-electron chi connectivity index (χ2n) is 5.41. The average molecular weight is 232 g/mol. The summed E-state index contributed by atoms with van der Waals surface area (Å²) in [7, 11) is 0. The molecule has 0 bridgehead atoms. The summed E-state index contributed by atoms with van der Waals surface area (Å²) in [6.45, 7) is 5.38. The highest BCUT2D eigenvalue weighted by atomic mass is 14.9. The first-order valence-corrected chi connectivity index (χ1v) is 6.90. The van der Waals surface area contributed by atoms with Crippen molar-refractivity contribution < 1.29 is 0 Å². The van der Waals surface area contributed by atoms with Gasteiger partial charge in [0, 0.05) is 24.5 Å². The lowest BCUT2D eigenvalue weighted by Gasteiger charge is -2.22. The van der Waals surface area contributed by atoms with Gasteiger partial charge in [0.15, 0.2) is 0 Å². The summed E-state index contributed by atoms with van der Waals surface area (Å²) in [5, 5.41) is 3.71. The highest BCUT2D eigenvalue weighted by molar-refractivity contribution is 5.12. The van der Waals surface area contributed by atoms with E-state index in [2.05, 4.69) is 29.4 Å². The van der Waals surface area contributed by atoms with E-state index in [4.69, 9.17) is 0 Å². The number of aromatic nitrogens is 1. The molecule has 1 fully saturated rings. The monoisotopic (exact) mass is 232 g/mol. The molecule has 0 spiro atoms. The van der Waals surface area contributed by atoms with Gasteiger partial charge in [0.25, 0.3) is 0 Å². The highest BCUT2D eigenvalue weighted by Crippen LogP contribution is 2.23. The fraction of sp³-hybridized carbons (Fsp3) is 0.667. The van der Waals surface area contributed by atoms with E-state index in [1.54, 1.807) is 0 Å². The zero-order chi connectivity index (χ0) is 12.1. The summed E-state index contributed by atoms with van der Waals surface area (Å²) in [6.07, 6.45) is 8.90. The molecule has 1 N–H and O–H groups in total. The Morgan fingerprint density at radius 1 is 1.24 bits per heavy atom. The van der Waals surface area contributed by atoms with Gasteiger partial charge in [-0.3, -0.25) is 4.98 Å². The van der Waals surface area contributed by atoms with E-state index < -0.39 is 0 Å². The largest absolute Gasteiger partial charge is 0.310 e. The molecule has 0 saturated heterocycles. The van der Waals surface area contributed by atoms with Gasteiger partial charge in [-0.1, -0.05) is 32.3 Å². The first-order chi connectivity index (χ1) is 8.25. The number of rotatable bonds is 3. The Kier molecular flexibility index (Phi) is 4.55. The van der Waals surface area contributed by atoms with Crippen molar-refractivity contribution in [2.45, 2.75) is 58.5 Å². The molecule has 94 valence electrons. The van der Waals surface area contributed by atoms with Crippen molar-refractivity contribution in [3.63, 3.8) is 0 Å². The van der Waals surface area contributed by atoms with Crippen LogP contribution in [0.5, 0.6) is 0 Å². The molecule has 17 heavy (non-hydrogen) atoms. The molecule has 2 atom stereocenters. The Hall–Kier alpha value is -0.890. The van der Waals surface area contributed by atoms with E-state index in [-0.39, 0.29) is 0 Å². The highest BCUT2D eigenvalue weighted by Gasteiger charge is 2.18. The summed E-state index contributed by atoms with van der Waals surface area (Å²) < 4.78 is 0. The molecule has 1 aliphatic carbocycles. The molecule has 0 aromatic carbocycles. The predicted octanol–water partition coefficient (Wildman–Crippen LogP) is 3.45. The molecule has 1 aliphatic rings. The maximum Gasteiger partial charge on any atom is 0.0372 e. The maximum atomic E-state index is 4.34. The van der Waals surface area contributed by atoms with Gasteiger partial charge in [0.2, 0.25) is 0 Å². The van der Waals surface area contributed by atoms with Crippen LogP contribution in [-0.4, -0.2) is 11.0 Å². The third-order valence-corrected chi connectivity index (χ3v) is 3.90. The molecule has 1 heterocycles. The van der Waals surface area contributed by atoms with Crippen LogP contribution < -0.4 is 5.32 Å². The van der Waals surface area contributed by atoms with Crippen molar-refractivity contribution in [2.24, 2.45) is 5.92 Å². The summed E-state index contributed by atoms with van der Waals surface area (Å²) in [4.78, 5) is 4.34. The summed E-state index contributed by atoms with van der Waals surface area (Å²) in [6, 6.07) is 4.96. The van der Waals surface area contributed by atoms with E-state index in [1.165, 1.54) is 37.7 Å². The fourth-order valence-corrected chi connectivity index (χ4v) is 2.65. The zero-order valence-electron chi connectivity index (χ0n) is 11.1. The van der Waals surface area contributed by atoms with Gasteiger partial charge < -0.3 is 5.32 Å². The maximum absolute atomic E-state index is 4.34. The standard InChI is InChI=1S/C15H24N2/c1-12-6-4-3-5-7-15(12)17-11-14-9-8-13(2)16-10-14/h8-10,12,15,17H,3-7,11H2,1-2H3. The smallest absolute Gasteiger partial charge is 0.0372 e. The number of hydrogen-bond acceptors (Lipinski definition) is 2. The third kappa shape index (κ3) is 3.81. The van der Waals surface area contributed by atoms with Gasteiger partial charge in [-0.15, -0.1) is 0 Å². The second-order valence-corrected chi connectivity index (χ2v) is 5.41. The Morgan fingerprint density at radius 2 is 2.06 bits per heavy atom. The summed E-state index contributed by atoms with van der Waals surface area (Å²) in [5.41, 5.74) is 2.39. The molecule has 1 aromatic heterocycles. The number of nitrogens with zero attached hydrogens (tertiary/aromatic N) is 1. The van der Waals surface area contributed by atoms with Gasteiger partial charge in [-0.05, 0) is 37.3 Å². The normalized spacial score (nSPS) is 25.5. The van der Waals surface area contributed by atoms with Crippen LogP contribution in [0.25, 0.3) is 0 Å². The fourth-order valence-electron chi connectivity index (χ4n) is 2.65. The average Bonchev–Trinajstić information content (AvgIpc) is 2.54. The van der Waals surface area contributed by atoms with E-state index in [1.807, 2.05) is 13.1 Å². The topological polar surface area (TPSA) is 24.9 Å². The lowest BCUT2D eigenvalue weighted by molar-refractivity contribution is 0.356. The minimum absolute atomic E-state index is 0.693. The molecule has 2 nitrogen and oxygen atoms in total. The minimum Gasteiger partial charge on any atom is -0.310 e. The lowest BCUT2D eigenvalue weighted by Crippen LogP contribution is -2.33. The van der Waals surface area contributed by atoms with Crippen LogP contribution in [0.15, 0.2) is 18.3 Å². The van der Waals surface area contributed by atoms with Crippen LogP contribution in [-0.2, 0) is 6.54 Å². The third-order valence-electron chi connectivity index (χ3n) is 3.90. The van der Waals surface area contributed by atoms with E-state index in [0.717, 1.165) is 18.2 Å². The minimum atomic E-state index is 0.693. The molecule has 2 unspecified atom stereocenters.